The number of allylic oxidation sites excluding steroid dienone is 1. The quantitative estimate of drug-likeness (QED) is 0.671. The molecule has 0 aliphatic carbocycles. The molecule has 0 radical (unpaired) electrons. The number of nitrogens with zero attached hydrogens (tertiary/aromatic N) is 1. The van der Waals surface area contributed by atoms with Crippen LogP contribution in [0.5, 0.6) is 0 Å². The number of nitrogens with one attached hydrogen (secondary N) is 1. The van der Waals surface area contributed by atoms with Crippen LogP contribution in [-0.2, 0) is 9.84 Å². The summed E-state index contributed by atoms with van der Waals surface area (Å²) >= 11 is 11.0. The van der Waals surface area contributed by atoms with E-state index in [0.717, 1.165) is 6.26 Å². The average molecular weight is 229 g/mol. The fourth-order valence-electron chi connectivity index (χ4n) is 0.649. The van der Waals surface area contributed by atoms with Crippen LogP contribution < -0.4 is 5.32 Å². The van der Waals surface area contributed by atoms with Crippen molar-refractivity contribution in [3.8, 4) is 0 Å². The maximum atomic E-state index is 11.0. The first-order chi connectivity index (χ1) is 5.39. The summed E-state index contributed by atoms with van der Waals surface area (Å²) in [6.45, 7) is 0. The van der Waals surface area contributed by atoms with Gasteiger partial charge in [-0.1, -0.05) is 23.2 Å². The first-order valence-corrected chi connectivity index (χ1v) is 5.66. The second-order valence-corrected chi connectivity index (χ2v) is 5.17. The fourth-order valence-corrected chi connectivity index (χ4v) is 1.89. The molecule has 1 heterocycles. The number of sulfone groups is 1. The zero-order chi connectivity index (χ0) is 9.35. The average Bonchev–Trinajstić information content (AvgIpc) is 1.82. The topological polar surface area (TPSA) is 58.5 Å². The minimum absolute atomic E-state index is 0.0779. The van der Waals surface area contributed by atoms with Gasteiger partial charge in [-0.3, -0.25) is 0 Å². The van der Waals surface area contributed by atoms with Gasteiger partial charge in [-0.2, -0.15) is 0 Å². The lowest BCUT2D eigenvalue weighted by Crippen LogP contribution is -2.35. The molecule has 0 spiro atoms. The Kier molecular flexibility index (Phi) is 2.65. The van der Waals surface area contributed by atoms with Crippen LogP contribution in [0.15, 0.2) is 16.2 Å². The molecule has 0 bridgehead atoms. The van der Waals surface area contributed by atoms with Crippen LogP contribution >= 0.6 is 23.2 Å². The summed E-state index contributed by atoms with van der Waals surface area (Å²) in [5, 5.41) is 2.70. The Morgan fingerprint density at radius 1 is 1.58 bits per heavy atom. The number of aliphatic imine (C=N–C) groups is 1. The van der Waals surface area contributed by atoms with E-state index in [1.165, 1.54) is 6.08 Å². The molecule has 1 aliphatic rings. The van der Waals surface area contributed by atoms with Crippen molar-refractivity contribution in [2.75, 3.05) is 6.26 Å². The highest BCUT2D eigenvalue weighted by Gasteiger charge is 2.22. The van der Waals surface area contributed by atoms with Gasteiger partial charge in [0.1, 0.15) is 10.3 Å². The van der Waals surface area contributed by atoms with Crippen molar-refractivity contribution in [2.24, 2.45) is 4.99 Å². The smallest absolute Gasteiger partial charge is 0.223 e. The first kappa shape index (κ1) is 9.83. The Morgan fingerprint density at radius 3 is 2.58 bits per heavy atom. The summed E-state index contributed by atoms with van der Waals surface area (Å²) in [6.07, 6.45) is 2.39. The highest BCUT2D eigenvalue weighted by Crippen LogP contribution is 2.12. The first-order valence-electron chi connectivity index (χ1n) is 2.95. The second-order valence-electron chi connectivity index (χ2n) is 2.27. The third kappa shape index (κ3) is 2.36. The van der Waals surface area contributed by atoms with E-state index in [9.17, 15) is 8.42 Å². The lowest BCUT2D eigenvalue weighted by molar-refractivity contribution is 0.577. The molecule has 1 atom stereocenters. The van der Waals surface area contributed by atoms with Gasteiger partial charge in [0.05, 0.1) is 0 Å². The van der Waals surface area contributed by atoms with Gasteiger partial charge in [-0.05, 0) is 0 Å². The van der Waals surface area contributed by atoms with E-state index in [0.29, 0.717) is 0 Å². The summed E-state index contributed by atoms with van der Waals surface area (Å²) < 4.78 is 21.9. The molecule has 0 amide bonds. The van der Waals surface area contributed by atoms with Gasteiger partial charge in [-0.15, -0.1) is 0 Å². The molecular formula is C5H6Cl2N2O2S. The molecule has 0 aromatic heterocycles. The Bertz CT molecular complexity index is 346. The third-order valence-electron chi connectivity index (χ3n) is 1.15. The van der Waals surface area contributed by atoms with Crippen molar-refractivity contribution < 1.29 is 8.42 Å². The van der Waals surface area contributed by atoms with Gasteiger partial charge in [0.25, 0.3) is 0 Å². The summed E-state index contributed by atoms with van der Waals surface area (Å²) in [7, 11) is -3.30. The maximum absolute atomic E-state index is 11.0. The molecule has 0 saturated carbocycles. The second kappa shape index (κ2) is 3.24. The molecule has 0 saturated heterocycles. The predicted octanol–water partition coefficient (Wildman–Crippen LogP) is 0.635. The molecule has 0 aromatic carbocycles. The minimum Gasteiger partial charge on any atom is -0.342 e. The van der Waals surface area contributed by atoms with E-state index in [1.54, 1.807) is 0 Å². The predicted molar refractivity (Wildman–Crippen MR) is 49.0 cm³/mol. The summed E-state index contributed by atoms with van der Waals surface area (Å²) in [4.78, 5) is 3.63. The van der Waals surface area contributed by atoms with Crippen LogP contribution in [0.25, 0.3) is 0 Å². The summed E-state index contributed by atoms with van der Waals surface area (Å²) in [6, 6.07) is 0. The molecule has 0 aromatic rings. The van der Waals surface area contributed by atoms with Gasteiger partial charge < -0.3 is 5.32 Å². The molecular weight excluding hydrogens is 223 g/mol. The fraction of sp³-hybridized carbons (Fsp3) is 0.400. The lowest BCUT2D eigenvalue weighted by Gasteiger charge is -2.16. The third-order valence-corrected chi connectivity index (χ3v) is 2.61. The Balaban J connectivity index is 2.96. The molecule has 1 aliphatic heterocycles. The van der Waals surface area contributed by atoms with Gasteiger partial charge >= 0.3 is 0 Å². The SMILES string of the molecule is CS(=O)(=O)C1N=C(Cl)C=C(Cl)N1. The minimum atomic E-state index is -3.30. The molecule has 4 nitrogen and oxygen atoms in total. The summed E-state index contributed by atoms with van der Waals surface area (Å²) in [5.74, 6) is 0. The van der Waals surface area contributed by atoms with Crippen LogP contribution in [0.2, 0.25) is 0 Å². The van der Waals surface area contributed by atoms with Crippen molar-refractivity contribution >= 4 is 38.2 Å². The highest BCUT2D eigenvalue weighted by atomic mass is 35.5. The molecule has 68 valence electrons. The van der Waals surface area contributed by atoms with E-state index in [1.807, 2.05) is 0 Å². The number of hydrogen-bond acceptors (Lipinski definition) is 4. The molecule has 1 rings (SSSR count). The van der Waals surface area contributed by atoms with Crippen LogP contribution in [0.1, 0.15) is 0 Å². The maximum Gasteiger partial charge on any atom is 0.223 e. The molecule has 1 N–H and O–H groups in total. The number of hydrogen-bond donors (Lipinski definition) is 1. The van der Waals surface area contributed by atoms with Gasteiger partial charge in [-0.25, -0.2) is 13.4 Å². The number of halogens is 2. The van der Waals surface area contributed by atoms with Gasteiger partial charge in [0, 0.05) is 12.3 Å². The zero-order valence-electron chi connectivity index (χ0n) is 6.08. The zero-order valence-corrected chi connectivity index (χ0v) is 8.41. The summed E-state index contributed by atoms with van der Waals surface area (Å²) in [5.41, 5.74) is -1.07. The molecule has 12 heavy (non-hydrogen) atoms. The van der Waals surface area contributed by atoms with Crippen molar-refractivity contribution in [3.63, 3.8) is 0 Å². The van der Waals surface area contributed by atoms with Crippen molar-refractivity contribution in [1.29, 1.82) is 0 Å². The molecule has 0 fully saturated rings. The van der Waals surface area contributed by atoms with E-state index in [2.05, 4.69) is 10.3 Å². The molecule has 7 heteroatoms. The van der Waals surface area contributed by atoms with Crippen LogP contribution in [0, 0.1) is 0 Å². The van der Waals surface area contributed by atoms with Crippen molar-refractivity contribution in [1.82, 2.24) is 5.32 Å². The standard InChI is InChI=1S/C5H6Cl2N2O2S/c1-12(10,11)5-8-3(6)2-4(7)9-5/h2,5,8H,1H3. The molecule has 1 unspecified atom stereocenters. The Labute approximate surface area is 80.2 Å². The monoisotopic (exact) mass is 228 g/mol. The van der Waals surface area contributed by atoms with E-state index in [-0.39, 0.29) is 10.3 Å². The van der Waals surface area contributed by atoms with Gasteiger partial charge in [0.15, 0.2) is 9.84 Å². The van der Waals surface area contributed by atoms with Gasteiger partial charge in [0.2, 0.25) is 5.50 Å². The number of rotatable bonds is 1. The Hall–Kier alpha value is -0.260. The van der Waals surface area contributed by atoms with Crippen LogP contribution in [-0.4, -0.2) is 25.3 Å². The Morgan fingerprint density at radius 2 is 2.17 bits per heavy atom. The highest BCUT2D eigenvalue weighted by molar-refractivity contribution is 7.91. The normalized spacial score (nSPS) is 24.1. The largest absolute Gasteiger partial charge is 0.342 e. The van der Waals surface area contributed by atoms with Crippen LogP contribution in [0.4, 0.5) is 0 Å². The van der Waals surface area contributed by atoms with E-state index >= 15 is 0 Å². The van der Waals surface area contributed by atoms with E-state index in [4.69, 9.17) is 23.2 Å². The van der Waals surface area contributed by atoms with E-state index < -0.39 is 15.3 Å². The van der Waals surface area contributed by atoms with Crippen molar-refractivity contribution in [2.45, 2.75) is 5.50 Å². The van der Waals surface area contributed by atoms with Crippen LogP contribution in [0.3, 0.4) is 0 Å². The lowest BCUT2D eigenvalue weighted by atomic mass is 10.6. The van der Waals surface area contributed by atoms with Crippen molar-refractivity contribution in [3.05, 3.63) is 11.2 Å².